The quantitative estimate of drug-likeness (QED) is 0.588. The van der Waals surface area contributed by atoms with Gasteiger partial charge in [0.25, 0.3) is 0 Å². The van der Waals surface area contributed by atoms with Crippen molar-refractivity contribution < 1.29 is 14.4 Å². The van der Waals surface area contributed by atoms with Crippen molar-refractivity contribution in [1.29, 1.82) is 0 Å². The van der Waals surface area contributed by atoms with Gasteiger partial charge in [-0.1, -0.05) is 0 Å². The first-order valence-electron chi connectivity index (χ1n) is 4.45. The normalized spacial score (nSPS) is 10.2. The summed E-state index contributed by atoms with van der Waals surface area (Å²) in [6.07, 6.45) is 1.58. The summed E-state index contributed by atoms with van der Waals surface area (Å²) in [6.45, 7) is 4.34. The second-order valence-electron chi connectivity index (χ2n) is 3.37. The van der Waals surface area contributed by atoms with E-state index in [0.29, 0.717) is 19.3 Å². The highest BCUT2D eigenvalue weighted by Gasteiger charge is 2.18. The van der Waals surface area contributed by atoms with Crippen molar-refractivity contribution in [3.8, 4) is 0 Å². The highest BCUT2D eigenvalue weighted by Crippen LogP contribution is 2.11. The van der Waals surface area contributed by atoms with Gasteiger partial charge in [0.15, 0.2) is 0 Å². The van der Waals surface area contributed by atoms with Crippen molar-refractivity contribution in [2.75, 3.05) is 0 Å². The third-order valence-electron chi connectivity index (χ3n) is 2.00. The molecular weight excluding hydrogens is 168 g/mol. The Morgan fingerprint density at radius 3 is 1.77 bits per heavy atom. The molecule has 0 rings (SSSR count). The van der Waals surface area contributed by atoms with Crippen LogP contribution in [0.25, 0.3) is 0 Å². The number of carbonyl (C=O) groups is 3. The summed E-state index contributed by atoms with van der Waals surface area (Å²) in [6, 6.07) is 0. The van der Waals surface area contributed by atoms with Crippen LogP contribution in [0.3, 0.4) is 0 Å². The molecule has 0 aliphatic carbocycles. The van der Waals surface area contributed by atoms with E-state index >= 15 is 0 Å². The van der Waals surface area contributed by atoms with Gasteiger partial charge in [-0.2, -0.15) is 0 Å². The Labute approximate surface area is 78.5 Å². The Morgan fingerprint density at radius 2 is 1.46 bits per heavy atom. The van der Waals surface area contributed by atoms with Gasteiger partial charge < -0.3 is 4.79 Å². The van der Waals surface area contributed by atoms with E-state index in [9.17, 15) is 14.4 Å². The van der Waals surface area contributed by atoms with E-state index in [1.807, 2.05) is 0 Å². The monoisotopic (exact) mass is 184 g/mol. The van der Waals surface area contributed by atoms with E-state index in [1.54, 1.807) is 0 Å². The van der Waals surface area contributed by atoms with Crippen LogP contribution in [0.2, 0.25) is 0 Å². The summed E-state index contributed by atoms with van der Waals surface area (Å²) in [4.78, 5) is 32.5. The average molecular weight is 184 g/mol. The minimum atomic E-state index is -0.501. The van der Waals surface area contributed by atoms with Crippen LogP contribution in [0.5, 0.6) is 0 Å². The molecule has 0 N–H and O–H groups in total. The first-order valence-corrected chi connectivity index (χ1v) is 4.45. The number of Topliss-reactive ketones (excluding diaryl/α,β-unsaturated/α-hetero) is 3. The van der Waals surface area contributed by atoms with E-state index in [0.717, 1.165) is 0 Å². The van der Waals surface area contributed by atoms with Crippen molar-refractivity contribution in [1.82, 2.24) is 0 Å². The summed E-state index contributed by atoms with van der Waals surface area (Å²) >= 11 is 0. The topological polar surface area (TPSA) is 51.2 Å². The van der Waals surface area contributed by atoms with E-state index < -0.39 is 5.92 Å². The maximum Gasteiger partial charge on any atom is 0.140 e. The molecule has 0 aromatic rings. The van der Waals surface area contributed by atoms with Crippen LogP contribution in [-0.4, -0.2) is 17.3 Å². The molecule has 74 valence electrons. The Morgan fingerprint density at radius 1 is 1.00 bits per heavy atom. The van der Waals surface area contributed by atoms with Gasteiger partial charge >= 0.3 is 0 Å². The first kappa shape index (κ1) is 12.0. The Bertz CT molecular complexity index is 204. The van der Waals surface area contributed by atoms with E-state index in [-0.39, 0.29) is 17.3 Å². The minimum Gasteiger partial charge on any atom is -0.300 e. The molecule has 0 atom stereocenters. The predicted octanol–water partition coefficient (Wildman–Crippen LogP) is 1.54. The van der Waals surface area contributed by atoms with Crippen molar-refractivity contribution in [2.24, 2.45) is 5.92 Å². The van der Waals surface area contributed by atoms with Gasteiger partial charge in [-0.05, 0) is 33.6 Å². The molecule has 0 unspecified atom stereocenters. The van der Waals surface area contributed by atoms with Crippen LogP contribution in [0, 0.1) is 5.92 Å². The lowest BCUT2D eigenvalue weighted by atomic mass is 9.94. The molecule has 13 heavy (non-hydrogen) atoms. The zero-order chi connectivity index (χ0) is 10.4. The van der Waals surface area contributed by atoms with Gasteiger partial charge in [0.2, 0.25) is 0 Å². The van der Waals surface area contributed by atoms with Crippen molar-refractivity contribution >= 4 is 17.3 Å². The summed E-state index contributed by atoms with van der Waals surface area (Å²) in [5.74, 6) is -0.600. The fourth-order valence-corrected chi connectivity index (χ4v) is 1.25. The summed E-state index contributed by atoms with van der Waals surface area (Å²) in [7, 11) is 0. The molecule has 0 aromatic heterocycles. The Balaban J connectivity index is 3.91. The standard InChI is InChI=1S/C10H16O3/c1-7(11)5-4-6-10(8(2)12)9(3)13/h10H,4-6H2,1-3H3. The van der Waals surface area contributed by atoms with E-state index in [2.05, 4.69) is 0 Å². The minimum absolute atomic E-state index is 0.101. The molecule has 3 nitrogen and oxygen atoms in total. The molecule has 3 heteroatoms. The maximum atomic E-state index is 11.0. The smallest absolute Gasteiger partial charge is 0.140 e. The number of hydrogen-bond acceptors (Lipinski definition) is 3. The molecule has 0 spiro atoms. The van der Waals surface area contributed by atoms with Gasteiger partial charge in [-0.25, -0.2) is 0 Å². The Hall–Kier alpha value is -0.990. The van der Waals surface area contributed by atoms with Crippen LogP contribution in [0.15, 0.2) is 0 Å². The SMILES string of the molecule is CC(=O)CCCC(C(C)=O)C(C)=O. The number of hydrogen-bond donors (Lipinski definition) is 0. The number of ketones is 3. The van der Waals surface area contributed by atoms with E-state index in [1.165, 1.54) is 20.8 Å². The predicted molar refractivity (Wildman–Crippen MR) is 49.4 cm³/mol. The highest BCUT2D eigenvalue weighted by molar-refractivity contribution is 6.00. The fourth-order valence-electron chi connectivity index (χ4n) is 1.25. The van der Waals surface area contributed by atoms with Crippen molar-refractivity contribution in [2.45, 2.75) is 40.0 Å². The first-order chi connectivity index (χ1) is 5.95. The molecule has 0 aliphatic heterocycles. The third kappa shape index (κ3) is 5.28. The third-order valence-corrected chi connectivity index (χ3v) is 2.00. The van der Waals surface area contributed by atoms with Crippen LogP contribution >= 0.6 is 0 Å². The van der Waals surface area contributed by atoms with Crippen molar-refractivity contribution in [3.63, 3.8) is 0 Å². The van der Waals surface area contributed by atoms with Gasteiger partial charge in [0, 0.05) is 6.42 Å². The molecular formula is C10H16O3. The molecule has 0 bridgehead atoms. The van der Waals surface area contributed by atoms with Crippen LogP contribution < -0.4 is 0 Å². The number of carbonyl (C=O) groups excluding carboxylic acids is 3. The lowest BCUT2D eigenvalue weighted by Crippen LogP contribution is -2.19. The van der Waals surface area contributed by atoms with Gasteiger partial charge in [-0.3, -0.25) is 9.59 Å². The van der Waals surface area contributed by atoms with Gasteiger partial charge in [0.1, 0.15) is 17.3 Å². The lowest BCUT2D eigenvalue weighted by molar-refractivity contribution is -0.131. The summed E-state index contributed by atoms with van der Waals surface area (Å²) in [5.41, 5.74) is 0. The molecule has 0 saturated carbocycles. The van der Waals surface area contributed by atoms with E-state index in [4.69, 9.17) is 0 Å². The molecule has 0 aromatic carbocycles. The largest absolute Gasteiger partial charge is 0.300 e. The molecule has 0 saturated heterocycles. The second kappa shape index (κ2) is 5.62. The van der Waals surface area contributed by atoms with Crippen LogP contribution in [-0.2, 0) is 14.4 Å². The zero-order valence-corrected chi connectivity index (χ0v) is 8.42. The second-order valence-corrected chi connectivity index (χ2v) is 3.37. The molecule has 0 heterocycles. The molecule has 0 aliphatic rings. The molecule has 0 radical (unpaired) electrons. The lowest BCUT2D eigenvalue weighted by Gasteiger charge is -2.08. The molecule has 0 amide bonds. The Kier molecular flexibility index (Phi) is 5.19. The summed E-state index contributed by atoms with van der Waals surface area (Å²) < 4.78 is 0. The van der Waals surface area contributed by atoms with Crippen molar-refractivity contribution in [3.05, 3.63) is 0 Å². The van der Waals surface area contributed by atoms with Gasteiger partial charge in [0.05, 0.1) is 5.92 Å². The zero-order valence-electron chi connectivity index (χ0n) is 8.42. The fraction of sp³-hybridized carbons (Fsp3) is 0.700. The summed E-state index contributed by atoms with van der Waals surface area (Å²) in [5, 5.41) is 0. The average Bonchev–Trinajstić information content (AvgIpc) is 1.95. The van der Waals surface area contributed by atoms with Crippen LogP contribution in [0.4, 0.5) is 0 Å². The highest BCUT2D eigenvalue weighted by atomic mass is 16.1. The van der Waals surface area contributed by atoms with Crippen LogP contribution in [0.1, 0.15) is 40.0 Å². The van der Waals surface area contributed by atoms with Gasteiger partial charge in [-0.15, -0.1) is 0 Å². The maximum absolute atomic E-state index is 11.0. The molecule has 0 fully saturated rings. The number of rotatable bonds is 6.